The van der Waals surface area contributed by atoms with Crippen molar-refractivity contribution in [1.82, 2.24) is 0 Å². The molecule has 0 spiro atoms. The van der Waals surface area contributed by atoms with Crippen molar-refractivity contribution in [3.05, 3.63) is 91.0 Å². The lowest BCUT2D eigenvalue weighted by atomic mass is 10.1. The molecule has 1 atom stereocenters. The van der Waals surface area contributed by atoms with Crippen LogP contribution in [0.3, 0.4) is 0 Å². The molecule has 0 radical (unpaired) electrons. The van der Waals surface area contributed by atoms with Crippen LogP contribution >= 0.6 is 7.26 Å². The van der Waals surface area contributed by atoms with E-state index in [0.717, 1.165) is 12.8 Å². The highest BCUT2D eigenvalue weighted by Crippen LogP contribution is 2.61. The molecule has 0 saturated heterocycles. The van der Waals surface area contributed by atoms with Gasteiger partial charge in [-0.1, -0.05) is 68.4 Å². The number of hydrogen-bond donors (Lipinski definition) is 0. The van der Waals surface area contributed by atoms with Crippen LogP contribution in [0.1, 0.15) is 33.1 Å². The van der Waals surface area contributed by atoms with E-state index in [4.69, 9.17) is 0 Å². The fourth-order valence-electron chi connectivity index (χ4n) is 4.11. The molecule has 0 aliphatic carbocycles. The van der Waals surface area contributed by atoms with Crippen LogP contribution in [0.15, 0.2) is 91.0 Å². The number of hydrogen-bond acceptors (Lipinski definition) is 1. The second kappa shape index (κ2) is 9.11. The zero-order valence-electron chi connectivity index (χ0n) is 16.2. The topological polar surface area (TPSA) is 17.1 Å². The van der Waals surface area contributed by atoms with E-state index in [1.165, 1.54) is 15.9 Å². The van der Waals surface area contributed by atoms with Gasteiger partial charge in [0.05, 0.1) is 0 Å². The normalized spacial score (nSPS) is 12.5. The van der Waals surface area contributed by atoms with Gasteiger partial charge in [0.1, 0.15) is 28.8 Å². The lowest BCUT2D eigenvalue weighted by molar-refractivity contribution is -0.118. The highest BCUT2D eigenvalue weighted by molar-refractivity contribution is 7.96. The maximum absolute atomic E-state index is 13.4. The molecule has 0 aliphatic rings. The third-order valence-corrected chi connectivity index (χ3v) is 10.1. The largest absolute Gasteiger partial charge is 0.295 e. The molecule has 0 unspecified atom stereocenters. The van der Waals surface area contributed by atoms with E-state index in [1.54, 1.807) is 0 Å². The lowest BCUT2D eigenvalue weighted by Crippen LogP contribution is -2.42. The van der Waals surface area contributed by atoms with Gasteiger partial charge in [-0.2, -0.15) is 0 Å². The lowest BCUT2D eigenvalue weighted by Gasteiger charge is -2.33. The van der Waals surface area contributed by atoms with E-state index in [0.29, 0.717) is 12.2 Å². The Morgan fingerprint density at radius 2 is 1.07 bits per heavy atom. The summed E-state index contributed by atoms with van der Waals surface area (Å²) in [6, 6.07) is 32.1. The molecule has 0 saturated carbocycles. The highest BCUT2D eigenvalue weighted by atomic mass is 31.2. The minimum absolute atomic E-state index is 0.00431. The van der Waals surface area contributed by atoms with Crippen LogP contribution in [0.4, 0.5) is 0 Å². The van der Waals surface area contributed by atoms with Gasteiger partial charge in [-0.15, -0.1) is 0 Å². The molecule has 3 aromatic carbocycles. The first-order valence-electron chi connectivity index (χ1n) is 9.83. The van der Waals surface area contributed by atoms with Gasteiger partial charge >= 0.3 is 0 Å². The molecule has 27 heavy (non-hydrogen) atoms. The monoisotopic (exact) mass is 375 g/mol. The minimum atomic E-state index is -2.10. The molecule has 0 aliphatic heterocycles. The van der Waals surface area contributed by atoms with Crippen molar-refractivity contribution in [3.8, 4) is 0 Å². The Morgan fingerprint density at radius 1 is 0.704 bits per heavy atom. The number of ketones is 1. The summed E-state index contributed by atoms with van der Waals surface area (Å²) in [5, 5.41) is 3.87. The summed E-state index contributed by atoms with van der Waals surface area (Å²) in [7, 11) is -2.10. The fraction of sp³-hybridized carbons (Fsp3) is 0.240. The van der Waals surface area contributed by atoms with Crippen molar-refractivity contribution < 1.29 is 4.79 Å². The molecular formula is C25H28OP+. The third-order valence-electron chi connectivity index (χ3n) is 5.21. The summed E-state index contributed by atoms with van der Waals surface area (Å²) >= 11 is 0. The van der Waals surface area contributed by atoms with Crippen LogP contribution in [0.25, 0.3) is 0 Å². The quantitative estimate of drug-likeness (QED) is 0.499. The van der Waals surface area contributed by atoms with Crippen LogP contribution < -0.4 is 15.9 Å². The van der Waals surface area contributed by atoms with Gasteiger partial charge in [0.2, 0.25) is 0 Å². The van der Waals surface area contributed by atoms with Crippen molar-refractivity contribution in [3.63, 3.8) is 0 Å². The van der Waals surface area contributed by atoms with E-state index in [-0.39, 0.29) is 5.66 Å². The van der Waals surface area contributed by atoms with Gasteiger partial charge < -0.3 is 0 Å². The van der Waals surface area contributed by atoms with Gasteiger partial charge in [0.15, 0.2) is 5.78 Å². The van der Waals surface area contributed by atoms with Gasteiger partial charge in [-0.25, -0.2) is 0 Å². The smallest absolute Gasteiger partial charge is 0.174 e. The molecule has 1 nitrogen and oxygen atoms in total. The zero-order valence-corrected chi connectivity index (χ0v) is 17.1. The Hall–Kier alpha value is -2.24. The van der Waals surface area contributed by atoms with Crippen molar-refractivity contribution in [1.29, 1.82) is 0 Å². The Bertz CT molecular complexity index is 747. The zero-order chi connectivity index (χ0) is 19.1. The summed E-state index contributed by atoms with van der Waals surface area (Å²) in [4.78, 5) is 13.4. The van der Waals surface area contributed by atoms with E-state index in [1.807, 2.05) is 0 Å². The molecule has 2 heteroatoms. The molecule has 0 N–H and O–H groups in total. The fourth-order valence-corrected chi connectivity index (χ4v) is 9.12. The van der Waals surface area contributed by atoms with Crippen molar-refractivity contribution in [2.45, 2.75) is 38.8 Å². The van der Waals surface area contributed by atoms with E-state index >= 15 is 0 Å². The van der Waals surface area contributed by atoms with E-state index < -0.39 is 7.26 Å². The number of rotatable bonds is 8. The van der Waals surface area contributed by atoms with Crippen LogP contribution in [-0.4, -0.2) is 11.4 Å². The molecule has 3 aromatic rings. The summed E-state index contributed by atoms with van der Waals surface area (Å²) in [6.07, 6.45) is 2.39. The Labute approximate surface area is 163 Å². The van der Waals surface area contributed by atoms with Crippen LogP contribution in [0.5, 0.6) is 0 Å². The molecule has 0 heterocycles. The first-order valence-corrected chi connectivity index (χ1v) is 11.7. The van der Waals surface area contributed by atoms with E-state index in [2.05, 4.69) is 105 Å². The standard InChI is InChI=1S/C25H28OP/c1-3-14-24(26)25(4-2)27(21-15-8-5-9-16-21,22-17-10-6-11-18-22)23-19-12-7-13-20-23/h5-13,15-20,25H,3-4,14H2,1-2H3/q+1/t25-/m1/s1. The molecule has 138 valence electrons. The summed E-state index contributed by atoms with van der Waals surface area (Å²) in [5.74, 6) is 0.393. The Kier molecular flexibility index (Phi) is 6.58. The SMILES string of the molecule is CCCC(=O)[C@@H](CC)[P+](c1ccccc1)(c1ccccc1)c1ccccc1. The Morgan fingerprint density at radius 3 is 1.37 bits per heavy atom. The summed E-state index contributed by atoms with van der Waals surface area (Å²) in [6.45, 7) is 4.26. The van der Waals surface area contributed by atoms with Crippen LogP contribution in [0, 0.1) is 0 Å². The first kappa shape index (κ1) is 19.5. The predicted molar refractivity (Wildman–Crippen MR) is 119 cm³/mol. The maximum Gasteiger partial charge on any atom is 0.174 e. The average molecular weight is 375 g/mol. The predicted octanol–water partition coefficient (Wildman–Crippen LogP) is 5.13. The Balaban J connectivity index is 2.37. The van der Waals surface area contributed by atoms with Gasteiger partial charge in [-0.3, -0.25) is 4.79 Å². The summed E-state index contributed by atoms with van der Waals surface area (Å²) < 4.78 is 0. The third kappa shape index (κ3) is 3.75. The molecule has 0 amide bonds. The molecule has 3 rings (SSSR count). The number of carbonyl (C=O) groups excluding carboxylic acids is 1. The van der Waals surface area contributed by atoms with Crippen molar-refractivity contribution >= 4 is 29.0 Å². The molecular weight excluding hydrogens is 347 g/mol. The second-order valence-electron chi connectivity index (χ2n) is 6.87. The van der Waals surface area contributed by atoms with Crippen molar-refractivity contribution in [2.24, 2.45) is 0 Å². The van der Waals surface area contributed by atoms with Gasteiger partial charge in [0, 0.05) is 6.42 Å². The first-order chi connectivity index (χ1) is 13.2. The van der Waals surface area contributed by atoms with Gasteiger partial charge in [-0.05, 0) is 49.2 Å². The molecule has 0 aromatic heterocycles. The maximum atomic E-state index is 13.4. The number of Topliss-reactive ketones (excluding diaryl/α,β-unsaturated/α-hetero) is 1. The van der Waals surface area contributed by atoms with Crippen LogP contribution in [0.2, 0.25) is 0 Å². The number of carbonyl (C=O) groups is 1. The summed E-state index contributed by atoms with van der Waals surface area (Å²) in [5.41, 5.74) is 0.00431. The average Bonchev–Trinajstić information content (AvgIpc) is 2.74. The second-order valence-corrected chi connectivity index (χ2v) is 10.5. The number of benzene rings is 3. The molecule has 0 fully saturated rings. The van der Waals surface area contributed by atoms with Gasteiger partial charge in [0.25, 0.3) is 0 Å². The molecule has 0 bridgehead atoms. The minimum Gasteiger partial charge on any atom is -0.295 e. The van der Waals surface area contributed by atoms with Crippen LogP contribution in [-0.2, 0) is 4.79 Å². The van der Waals surface area contributed by atoms with Crippen molar-refractivity contribution in [2.75, 3.05) is 0 Å². The highest BCUT2D eigenvalue weighted by Gasteiger charge is 2.54. The van der Waals surface area contributed by atoms with E-state index in [9.17, 15) is 4.79 Å².